The highest BCUT2D eigenvalue weighted by Crippen LogP contribution is 2.21. The molecule has 1 fully saturated rings. The average molecular weight is 268 g/mol. The van der Waals surface area contributed by atoms with Crippen LogP contribution in [0.2, 0.25) is 0 Å². The lowest BCUT2D eigenvalue weighted by atomic mass is 10.2. The fraction of sp³-hybridized carbons (Fsp3) is 0.364. The molecule has 0 bridgehead atoms. The second kappa shape index (κ2) is 5.74. The molecule has 0 radical (unpaired) electrons. The third-order valence-electron chi connectivity index (χ3n) is 2.37. The Bertz CT molecular complexity index is 477. The van der Waals surface area contributed by atoms with Crippen LogP contribution in [0.15, 0.2) is 12.3 Å². The van der Waals surface area contributed by atoms with Crippen molar-refractivity contribution < 1.29 is 19.4 Å². The van der Waals surface area contributed by atoms with Gasteiger partial charge in [0, 0.05) is 23.8 Å². The highest BCUT2D eigenvalue weighted by Gasteiger charge is 2.24. The van der Waals surface area contributed by atoms with Crippen LogP contribution in [-0.2, 0) is 14.3 Å². The predicted molar refractivity (Wildman–Crippen MR) is 66.4 cm³/mol. The number of nitrogens with zero attached hydrogens (tertiary/aromatic N) is 1. The lowest BCUT2D eigenvalue weighted by Gasteiger charge is -2.07. The van der Waals surface area contributed by atoms with Gasteiger partial charge in [0.2, 0.25) is 0 Å². The van der Waals surface area contributed by atoms with E-state index >= 15 is 0 Å². The molecule has 0 aliphatic carbocycles. The SMILES string of the molecule is O=C(O)/C=C/c1cnc(NC(=O)C2CCCO2)s1. The number of carbonyl (C=O) groups is 2. The number of aromatic nitrogens is 1. The molecule has 1 aromatic heterocycles. The zero-order valence-electron chi connectivity index (χ0n) is 9.46. The summed E-state index contributed by atoms with van der Waals surface area (Å²) in [6.07, 6.45) is 5.19. The Balaban J connectivity index is 1.93. The summed E-state index contributed by atoms with van der Waals surface area (Å²) in [6, 6.07) is 0. The Labute approximate surface area is 107 Å². The van der Waals surface area contributed by atoms with E-state index in [2.05, 4.69) is 10.3 Å². The molecule has 0 aromatic carbocycles. The van der Waals surface area contributed by atoms with Gasteiger partial charge in [0.05, 0.1) is 0 Å². The molecule has 1 aromatic rings. The predicted octanol–water partition coefficient (Wildman–Crippen LogP) is 1.36. The second-order valence-electron chi connectivity index (χ2n) is 3.73. The van der Waals surface area contributed by atoms with Crippen molar-refractivity contribution >= 4 is 34.4 Å². The van der Waals surface area contributed by atoms with Crippen LogP contribution in [0, 0.1) is 0 Å². The number of hydrogen-bond acceptors (Lipinski definition) is 5. The van der Waals surface area contributed by atoms with Crippen molar-refractivity contribution in [1.82, 2.24) is 4.98 Å². The molecule has 0 saturated carbocycles. The lowest BCUT2D eigenvalue weighted by molar-refractivity contribution is -0.131. The summed E-state index contributed by atoms with van der Waals surface area (Å²) >= 11 is 1.21. The summed E-state index contributed by atoms with van der Waals surface area (Å²) in [5.41, 5.74) is 0. The minimum Gasteiger partial charge on any atom is -0.478 e. The molecule has 1 saturated heterocycles. The lowest BCUT2D eigenvalue weighted by Crippen LogP contribution is -2.26. The highest BCUT2D eigenvalue weighted by atomic mass is 32.1. The summed E-state index contributed by atoms with van der Waals surface area (Å²) in [4.78, 5) is 26.7. The maximum Gasteiger partial charge on any atom is 0.328 e. The van der Waals surface area contributed by atoms with Crippen LogP contribution in [0.4, 0.5) is 5.13 Å². The Hall–Kier alpha value is -1.73. The maximum absolute atomic E-state index is 11.7. The molecule has 18 heavy (non-hydrogen) atoms. The standard InChI is InChI=1S/C11H12N2O4S/c14-9(15)4-3-7-6-12-11(18-7)13-10(16)8-2-1-5-17-8/h3-4,6,8H,1-2,5H2,(H,14,15)(H,12,13,16)/b4-3+. The van der Waals surface area contributed by atoms with Gasteiger partial charge in [-0.1, -0.05) is 11.3 Å². The van der Waals surface area contributed by atoms with E-state index in [0.717, 1.165) is 18.9 Å². The number of aliphatic carboxylic acids is 1. The van der Waals surface area contributed by atoms with E-state index in [9.17, 15) is 9.59 Å². The molecule has 1 amide bonds. The van der Waals surface area contributed by atoms with Gasteiger partial charge in [-0.2, -0.15) is 0 Å². The summed E-state index contributed by atoms with van der Waals surface area (Å²) in [5, 5.41) is 11.6. The van der Waals surface area contributed by atoms with Crippen LogP contribution in [0.1, 0.15) is 17.7 Å². The molecule has 6 nitrogen and oxygen atoms in total. The molecule has 2 rings (SSSR count). The minimum atomic E-state index is -1.02. The van der Waals surface area contributed by atoms with Gasteiger partial charge in [-0.25, -0.2) is 9.78 Å². The molecule has 96 valence electrons. The number of amides is 1. The first kappa shape index (κ1) is 12.7. The molecule has 2 heterocycles. The fourth-order valence-electron chi connectivity index (χ4n) is 1.55. The quantitative estimate of drug-likeness (QED) is 0.805. The number of carbonyl (C=O) groups excluding carboxylic acids is 1. The molecule has 2 N–H and O–H groups in total. The first-order valence-electron chi connectivity index (χ1n) is 5.44. The summed E-state index contributed by atoms with van der Waals surface area (Å²) in [6.45, 7) is 0.614. The Morgan fingerprint density at radius 1 is 1.61 bits per heavy atom. The highest BCUT2D eigenvalue weighted by molar-refractivity contribution is 7.16. The number of ether oxygens (including phenoxy) is 1. The summed E-state index contributed by atoms with van der Waals surface area (Å²) in [5.74, 6) is -1.22. The van der Waals surface area contributed by atoms with Crippen LogP contribution in [0.5, 0.6) is 0 Å². The number of thiazole rings is 1. The first-order chi connectivity index (χ1) is 8.65. The summed E-state index contributed by atoms with van der Waals surface area (Å²) < 4.78 is 5.25. The van der Waals surface area contributed by atoms with E-state index < -0.39 is 12.1 Å². The molecular formula is C11H12N2O4S. The molecule has 7 heteroatoms. The molecule has 0 spiro atoms. The number of carboxylic acid groups (broad SMARTS) is 1. The van der Waals surface area contributed by atoms with E-state index in [-0.39, 0.29) is 5.91 Å². The van der Waals surface area contributed by atoms with E-state index in [1.165, 1.54) is 23.6 Å². The van der Waals surface area contributed by atoms with E-state index in [4.69, 9.17) is 9.84 Å². The van der Waals surface area contributed by atoms with E-state index in [1.54, 1.807) is 0 Å². The number of hydrogen-bond donors (Lipinski definition) is 2. The Morgan fingerprint density at radius 3 is 3.11 bits per heavy atom. The molecule has 1 aliphatic heterocycles. The third kappa shape index (κ3) is 3.38. The van der Waals surface area contributed by atoms with Gasteiger partial charge in [-0.05, 0) is 18.9 Å². The molecule has 1 aliphatic rings. The number of carboxylic acids is 1. The average Bonchev–Trinajstić information content (AvgIpc) is 2.97. The van der Waals surface area contributed by atoms with Gasteiger partial charge in [-0.15, -0.1) is 0 Å². The van der Waals surface area contributed by atoms with Gasteiger partial charge in [0.1, 0.15) is 6.10 Å². The summed E-state index contributed by atoms with van der Waals surface area (Å²) in [7, 11) is 0. The third-order valence-corrected chi connectivity index (χ3v) is 3.24. The van der Waals surface area contributed by atoms with Gasteiger partial charge in [-0.3, -0.25) is 10.1 Å². The van der Waals surface area contributed by atoms with Crippen LogP contribution >= 0.6 is 11.3 Å². The van der Waals surface area contributed by atoms with Crippen LogP contribution in [0.25, 0.3) is 6.08 Å². The van der Waals surface area contributed by atoms with Crippen LogP contribution in [-0.4, -0.2) is 34.7 Å². The molecule has 1 atom stereocenters. The zero-order valence-corrected chi connectivity index (χ0v) is 10.3. The second-order valence-corrected chi connectivity index (χ2v) is 4.79. The molecule has 1 unspecified atom stereocenters. The fourth-order valence-corrected chi connectivity index (χ4v) is 2.27. The monoisotopic (exact) mass is 268 g/mol. The smallest absolute Gasteiger partial charge is 0.328 e. The van der Waals surface area contributed by atoms with Crippen molar-refractivity contribution in [3.05, 3.63) is 17.2 Å². The normalized spacial score (nSPS) is 19.2. The van der Waals surface area contributed by atoms with Crippen molar-refractivity contribution in [2.75, 3.05) is 11.9 Å². The topological polar surface area (TPSA) is 88.5 Å². The van der Waals surface area contributed by atoms with Crippen LogP contribution < -0.4 is 5.32 Å². The number of anilines is 1. The Morgan fingerprint density at radius 2 is 2.44 bits per heavy atom. The van der Waals surface area contributed by atoms with Crippen molar-refractivity contribution in [2.45, 2.75) is 18.9 Å². The van der Waals surface area contributed by atoms with Crippen molar-refractivity contribution in [3.8, 4) is 0 Å². The molecular weight excluding hydrogens is 256 g/mol. The largest absolute Gasteiger partial charge is 0.478 e. The van der Waals surface area contributed by atoms with E-state index in [1.807, 2.05) is 0 Å². The Kier molecular flexibility index (Phi) is 4.06. The minimum absolute atomic E-state index is 0.199. The maximum atomic E-state index is 11.7. The number of rotatable bonds is 4. The van der Waals surface area contributed by atoms with Crippen molar-refractivity contribution in [3.63, 3.8) is 0 Å². The van der Waals surface area contributed by atoms with Crippen LogP contribution in [0.3, 0.4) is 0 Å². The first-order valence-corrected chi connectivity index (χ1v) is 6.26. The number of nitrogens with one attached hydrogen (secondary N) is 1. The van der Waals surface area contributed by atoms with Crippen molar-refractivity contribution in [2.24, 2.45) is 0 Å². The van der Waals surface area contributed by atoms with Crippen molar-refractivity contribution in [1.29, 1.82) is 0 Å². The van der Waals surface area contributed by atoms with Gasteiger partial charge in [0.15, 0.2) is 5.13 Å². The zero-order chi connectivity index (χ0) is 13.0. The van der Waals surface area contributed by atoms with Gasteiger partial charge < -0.3 is 9.84 Å². The van der Waals surface area contributed by atoms with Gasteiger partial charge in [0.25, 0.3) is 5.91 Å². The van der Waals surface area contributed by atoms with Gasteiger partial charge >= 0.3 is 5.97 Å². The van der Waals surface area contributed by atoms with E-state index in [0.29, 0.717) is 16.6 Å².